The van der Waals surface area contributed by atoms with Crippen molar-refractivity contribution in [1.82, 2.24) is 15.0 Å². The number of hydrogen-bond acceptors (Lipinski definition) is 8. The molecule has 2 rings (SSSR count). The maximum atomic E-state index is 10.3. The van der Waals surface area contributed by atoms with Crippen molar-refractivity contribution in [3.63, 3.8) is 0 Å². The first-order valence-corrected chi connectivity index (χ1v) is 9.61. The number of carboxylic acid groups (broad SMARTS) is 3. The largest absolute Gasteiger partial charge is 0.481 e. The first-order valence-electron chi connectivity index (χ1n) is 9.61. The van der Waals surface area contributed by atoms with Gasteiger partial charge in [-0.25, -0.2) is 4.79 Å². The summed E-state index contributed by atoms with van der Waals surface area (Å²) in [5.74, 6) is -3.64. The number of rotatable bonds is 11. The second-order valence-electron chi connectivity index (χ2n) is 6.63. The molecule has 4 N–H and O–H groups in total. The van der Waals surface area contributed by atoms with E-state index in [1.54, 1.807) is 0 Å². The number of likely N-dealkylation sites (N-methyl/N-ethyl adjacent to an activating group) is 1. The topological polar surface area (TPSA) is 174 Å². The maximum absolute atomic E-state index is 10.3. The van der Waals surface area contributed by atoms with Crippen molar-refractivity contribution < 1.29 is 39.3 Å². The second-order valence-corrected chi connectivity index (χ2v) is 6.63. The van der Waals surface area contributed by atoms with Crippen LogP contribution in [0.25, 0.3) is 11.4 Å². The van der Waals surface area contributed by atoms with Gasteiger partial charge in [-0.3, -0.25) is 9.59 Å². The highest BCUT2D eigenvalue weighted by Crippen LogP contribution is 2.16. The Labute approximate surface area is 178 Å². The van der Waals surface area contributed by atoms with Crippen LogP contribution in [0.15, 0.2) is 34.9 Å². The third-order valence-corrected chi connectivity index (χ3v) is 4.32. The molecule has 170 valence electrons. The normalized spacial score (nSPS) is 11.0. The summed E-state index contributed by atoms with van der Waals surface area (Å²) in [6.07, 6.45) is -1.48. The van der Waals surface area contributed by atoms with E-state index in [9.17, 15) is 14.4 Å². The molecule has 0 aliphatic heterocycles. The van der Waals surface area contributed by atoms with Crippen molar-refractivity contribution >= 4 is 17.9 Å². The lowest BCUT2D eigenvalue weighted by Gasteiger charge is -2.18. The number of hydrogen-bond donors (Lipinski definition) is 4. The van der Waals surface area contributed by atoms with Crippen LogP contribution in [0.3, 0.4) is 0 Å². The number of aliphatic hydroxyl groups is 1. The van der Waals surface area contributed by atoms with Gasteiger partial charge in [0, 0.05) is 18.5 Å². The molecule has 0 saturated heterocycles. The Morgan fingerprint density at radius 2 is 1.55 bits per heavy atom. The Balaban J connectivity index is 0.000000330. The summed E-state index contributed by atoms with van der Waals surface area (Å²) in [7, 11) is 0. The third-order valence-electron chi connectivity index (χ3n) is 4.32. The summed E-state index contributed by atoms with van der Waals surface area (Å²) in [6.45, 7) is 7.38. The predicted molar refractivity (Wildman–Crippen MR) is 108 cm³/mol. The minimum absolute atomic E-state index is 0.671. The van der Waals surface area contributed by atoms with Crippen molar-refractivity contribution in [2.45, 2.75) is 38.7 Å². The highest BCUT2D eigenvalue weighted by molar-refractivity contribution is 5.88. The van der Waals surface area contributed by atoms with E-state index in [1.807, 2.05) is 30.3 Å². The minimum atomic E-state index is -2.74. The Morgan fingerprint density at radius 3 is 2.00 bits per heavy atom. The highest BCUT2D eigenvalue weighted by atomic mass is 16.5. The molecule has 0 fully saturated rings. The van der Waals surface area contributed by atoms with Gasteiger partial charge in [-0.15, -0.1) is 0 Å². The van der Waals surface area contributed by atoms with E-state index in [1.165, 1.54) is 0 Å². The van der Waals surface area contributed by atoms with E-state index in [4.69, 9.17) is 24.9 Å². The van der Waals surface area contributed by atoms with Crippen LogP contribution in [0.5, 0.6) is 0 Å². The summed E-state index contributed by atoms with van der Waals surface area (Å²) in [5, 5.41) is 37.8. The molecular weight excluding hydrogens is 410 g/mol. The third kappa shape index (κ3) is 8.93. The standard InChI is InChI=1S/C14H19N3O.C6H8O7/c1-3-17(4-2)11-10-13-15-14(16-18-13)12-8-6-5-7-9-12;7-3(8)1-6(13,5(11)12)2-4(9)10/h5-9H,3-4,10-11H2,1-2H3;13H,1-2H2,(H,7,8)(H,9,10)(H,11,12). The molecule has 0 radical (unpaired) electrons. The van der Waals surface area contributed by atoms with Gasteiger partial charge in [-0.1, -0.05) is 49.3 Å². The zero-order valence-corrected chi connectivity index (χ0v) is 17.4. The number of nitrogens with zero attached hydrogens (tertiary/aromatic N) is 3. The Hall–Kier alpha value is -3.31. The zero-order chi connectivity index (χ0) is 23.4. The summed E-state index contributed by atoms with van der Waals surface area (Å²) < 4.78 is 5.27. The van der Waals surface area contributed by atoms with Crippen LogP contribution in [0.4, 0.5) is 0 Å². The lowest BCUT2D eigenvalue weighted by molar-refractivity contribution is -0.170. The van der Waals surface area contributed by atoms with Crippen molar-refractivity contribution in [2.24, 2.45) is 0 Å². The van der Waals surface area contributed by atoms with Gasteiger partial charge in [0.15, 0.2) is 5.60 Å². The molecule has 0 aliphatic carbocycles. The molecule has 0 aliphatic rings. The van der Waals surface area contributed by atoms with Crippen LogP contribution in [-0.4, -0.2) is 78.6 Å². The smallest absolute Gasteiger partial charge is 0.336 e. The van der Waals surface area contributed by atoms with Crippen molar-refractivity contribution in [2.75, 3.05) is 19.6 Å². The summed E-state index contributed by atoms with van der Waals surface area (Å²) in [6, 6.07) is 9.89. The van der Waals surface area contributed by atoms with Crippen LogP contribution >= 0.6 is 0 Å². The maximum Gasteiger partial charge on any atom is 0.336 e. The van der Waals surface area contributed by atoms with Gasteiger partial charge < -0.3 is 29.8 Å². The van der Waals surface area contributed by atoms with Crippen LogP contribution in [0, 0.1) is 0 Å². The minimum Gasteiger partial charge on any atom is -0.481 e. The zero-order valence-electron chi connectivity index (χ0n) is 17.4. The Morgan fingerprint density at radius 1 is 1.00 bits per heavy atom. The lowest BCUT2D eigenvalue weighted by Crippen LogP contribution is -2.42. The number of benzene rings is 1. The van der Waals surface area contributed by atoms with E-state index in [-0.39, 0.29) is 0 Å². The summed E-state index contributed by atoms with van der Waals surface area (Å²) >= 11 is 0. The van der Waals surface area contributed by atoms with Gasteiger partial charge in [0.25, 0.3) is 0 Å². The average molecular weight is 437 g/mol. The fraction of sp³-hybridized carbons (Fsp3) is 0.450. The first-order chi connectivity index (χ1) is 14.6. The monoisotopic (exact) mass is 437 g/mol. The molecule has 0 atom stereocenters. The summed E-state index contributed by atoms with van der Waals surface area (Å²) in [5.41, 5.74) is -1.74. The number of aliphatic carboxylic acids is 3. The van der Waals surface area contributed by atoms with E-state index in [0.29, 0.717) is 11.7 Å². The Bertz CT molecular complexity index is 833. The van der Waals surface area contributed by atoms with E-state index in [0.717, 1.165) is 31.6 Å². The molecule has 31 heavy (non-hydrogen) atoms. The molecule has 1 heterocycles. The molecule has 0 amide bonds. The molecule has 0 saturated carbocycles. The quantitative estimate of drug-likeness (QED) is 0.399. The predicted octanol–water partition coefficient (Wildman–Crippen LogP) is 1.37. The second kappa shape index (κ2) is 12.4. The van der Waals surface area contributed by atoms with E-state index < -0.39 is 36.4 Å². The molecule has 0 bridgehead atoms. The highest BCUT2D eigenvalue weighted by Gasteiger charge is 2.40. The molecule has 0 unspecified atom stereocenters. The lowest BCUT2D eigenvalue weighted by atomic mass is 9.96. The number of carbonyl (C=O) groups is 3. The summed E-state index contributed by atoms with van der Waals surface area (Å²) in [4.78, 5) is 37.2. The Kier molecular flexibility index (Phi) is 10.3. The number of carboxylic acids is 3. The molecule has 1 aromatic carbocycles. The molecule has 0 spiro atoms. The van der Waals surface area contributed by atoms with Gasteiger partial charge in [-0.05, 0) is 13.1 Å². The van der Waals surface area contributed by atoms with Crippen LogP contribution in [0.2, 0.25) is 0 Å². The van der Waals surface area contributed by atoms with Crippen molar-refractivity contribution in [1.29, 1.82) is 0 Å². The fourth-order valence-corrected chi connectivity index (χ4v) is 2.57. The number of aromatic nitrogens is 2. The van der Waals surface area contributed by atoms with E-state index in [2.05, 4.69) is 28.9 Å². The van der Waals surface area contributed by atoms with Crippen molar-refractivity contribution in [3.8, 4) is 11.4 Å². The van der Waals surface area contributed by atoms with Crippen molar-refractivity contribution in [3.05, 3.63) is 36.2 Å². The first kappa shape index (κ1) is 25.7. The van der Waals surface area contributed by atoms with Crippen LogP contribution in [0.1, 0.15) is 32.6 Å². The molecular formula is C20H27N3O8. The fourth-order valence-electron chi connectivity index (χ4n) is 2.57. The van der Waals surface area contributed by atoms with Gasteiger partial charge >= 0.3 is 17.9 Å². The van der Waals surface area contributed by atoms with Crippen LogP contribution in [-0.2, 0) is 20.8 Å². The van der Waals surface area contributed by atoms with Gasteiger partial charge in [0.2, 0.25) is 11.7 Å². The van der Waals surface area contributed by atoms with Gasteiger partial charge in [0.05, 0.1) is 12.8 Å². The van der Waals surface area contributed by atoms with Crippen LogP contribution < -0.4 is 0 Å². The molecule has 2 aromatic rings. The van der Waals surface area contributed by atoms with Gasteiger partial charge in [-0.2, -0.15) is 4.98 Å². The molecule has 1 aromatic heterocycles. The molecule has 11 nitrogen and oxygen atoms in total. The average Bonchev–Trinajstić information content (AvgIpc) is 3.18. The SMILES string of the molecule is CCN(CC)CCc1nc(-c2ccccc2)no1.O=C(O)CC(O)(CC(=O)O)C(=O)O. The van der Waals surface area contributed by atoms with E-state index >= 15 is 0 Å². The van der Waals surface area contributed by atoms with Gasteiger partial charge in [0.1, 0.15) is 0 Å². The molecule has 11 heteroatoms.